The van der Waals surface area contributed by atoms with Gasteiger partial charge >= 0.3 is 0 Å². The number of aromatic nitrogens is 2. The number of hydrogen-bond acceptors (Lipinski definition) is 2. The molecule has 0 saturated heterocycles. The standard InChI is InChI=1S/C18H35N5.HI/c1-14(2)9-7-10-15(3)21-18(19-6)20-11-8-12-23-17(5)13-16(4)22-23;/h13-15H,7-12H2,1-6H3,(H2,19,20,21);1H. The molecule has 0 aliphatic carbocycles. The highest BCUT2D eigenvalue weighted by Crippen LogP contribution is 2.08. The Bertz CT molecular complexity index is 482. The fourth-order valence-electron chi connectivity index (χ4n) is 2.67. The van der Waals surface area contributed by atoms with E-state index in [9.17, 15) is 0 Å². The zero-order valence-corrected chi connectivity index (χ0v) is 18.6. The van der Waals surface area contributed by atoms with Gasteiger partial charge in [-0.3, -0.25) is 9.67 Å². The van der Waals surface area contributed by atoms with E-state index in [0.29, 0.717) is 6.04 Å². The number of hydrogen-bond donors (Lipinski definition) is 2. The van der Waals surface area contributed by atoms with E-state index < -0.39 is 0 Å². The van der Waals surface area contributed by atoms with Crippen molar-refractivity contribution >= 4 is 29.9 Å². The molecule has 1 aromatic rings. The largest absolute Gasteiger partial charge is 0.356 e. The Balaban J connectivity index is 0.00000529. The molecule has 0 aliphatic rings. The van der Waals surface area contributed by atoms with E-state index in [1.807, 2.05) is 14.0 Å². The number of aliphatic imine (C=N–C) groups is 1. The Morgan fingerprint density at radius 3 is 2.46 bits per heavy atom. The molecule has 1 heterocycles. The van der Waals surface area contributed by atoms with Crippen LogP contribution in [-0.2, 0) is 6.54 Å². The molecule has 0 fully saturated rings. The molecule has 140 valence electrons. The number of aryl methyl sites for hydroxylation is 3. The minimum Gasteiger partial charge on any atom is -0.356 e. The van der Waals surface area contributed by atoms with Crippen molar-refractivity contribution in [3.63, 3.8) is 0 Å². The van der Waals surface area contributed by atoms with E-state index in [1.165, 1.54) is 25.0 Å². The summed E-state index contributed by atoms with van der Waals surface area (Å²) in [5.74, 6) is 1.68. The van der Waals surface area contributed by atoms with E-state index in [2.05, 4.69) is 59.2 Å². The van der Waals surface area contributed by atoms with Crippen LogP contribution in [0.4, 0.5) is 0 Å². The summed E-state index contributed by atoms with van der Waals surface area (Å²) in [5.41, 5.74) is 2.31. The predicted molar refractivity (Wildman–Crippen MR) is 114 cm³/mol. The molecule has 1 rings (SSSR count). The van der Waals surface area contributed by atoms with Gasteiger partial charge in [-0.05, 0) is 45.6 Å². The molecule has 1 aromatic heterocycles. The summed E-state index contributed by atoms with van der Waals surface area (Å²) in [4.78, 5) is 4.31. The minimum atomic E-state index is 0. The van der Waals surface area contributed by atoms with Gasteiger partial charge in [0.1, 0.15) is 0 Å². The van der Waals surface area contributed by atoms with E-state index in [4.69, 9.17) is 0 Å². The summed E-state index contributed by atoms with van der Waals surface area (Å²) < 4.78 is 2.07. The summed E-state index contributed by atoms with van der Waals surface area (Å²) in [6.45, 7) is 12.8. The first-order valence-electron chi connectivity index (χ1n) is 8.90. The third-order valence-electron chi connectivity index (χ3n) is 3.97. The van der Waals surface area contributed by atoms with Gasteiger partial charge in [-0.25, -0.2) is 0 Å². The molecule has 0 bridgehead atoms. The Hall–Kier alpha value is -0.790. The van der Waals surface area contributed by atoms with Crippen molar-refractivity contribution in [3.8, 4) is 0 Å². The molecule has 0 spiro atoms. The van der Waals surface area contributed by atoms with Gasteiger partial charge in [0.2, 0.25) is 0 Å². The molecular weight excluding hydrogens is 413 g/mol. The van der Waals surface area contributed by atoms with Crippen molar-refractivity contribution in [3.05, 3.63) is 17.5 Å². The first-order chi connectivity index (χ1) is 10.9. The molecule has 0 radical (unpaired) electrons. The number of nitrogens with zero attached hydrogens (tertiary/aromatic N) is 3. The van der Waals surface area contributed by atoms with Gasteiger partial charge in [0.15, 0.2) is 5.96 Å². The molecular formula is C18H36IN5. The minimum absolute atomic E-state index is 0. The van der Waals surface area contributed by atoms with Crippen molar-refractivity contribution in [1.29, 1.82) is 0 Å². The number of guanidine groups is 1. The van der Waals surface area contributed by atoms with Crippen molar-refractivity contribution in [1.82, 2.24) is 20.4 Å². The number of halogens is 1. The van der Waals surface area contributed by atoms with Gasteiger partial charge in [0.05, 0.1) is 5.69 Å². The zero-order chi connectivity index (χ0) is 17.2. The van der Waals surface area contributed by atoms with Gasteiger partial charge in [-0.2, -0.15) is 5.10 Å². The van der Waals surface area contributed by atoms with Crippen LogP contribution in [0, 0.1) is 19.8 Å². The molecule has 1 atom stereocenters. The lowest BCUT2D eigenvalue weighted by Gasteiger charge is -2.18. The smallest absolute Gasteiger partial charge is 0.191 e. The maximum atomic E-state index is 4.49. The third kappa shape index (κ3) is 9.49. The van der Waals surface area contributed by atoms with Crippen molar-refractivity contribution in [2.24, 2.45) is 10.9 Å². The second-order valence-electron chi connectivity index (χ2n) is 6.87. The molecule has 5 nitrogen and oxygen atoms in total. The third-order valence-corrected chi connectivity index (χ3v) is 3.97. The highest BCUT2D eigenvalue weighted by Gasteiger charge is 2.06. The summed E-state index contributed by atoms with van der Waals surface area (Å²) in [6, 6.07) is 2.57. The number of rotatable bonds is 9. The first-order valence-corrected chi connectivity index (χ1v) is 8.90. The van der Waals surface area contributed by atoms with Gasteiger partial charge < -0.3 is 10.6 Å². The van der Waals surface area contributed by atoms with E-state index in [1.54, 1.807) is 0 Å². The number of nitrogens with one attached hydrogen (secondary N) is 2. The lowest BCUT2D eigenvalue weighted by atomic mass is 10.0. The van der Waals surface area contributed by atoms with Crippen LogP contribution in [0.3, 0.4) is 0 Å². The molecule has 24 heavy (non-hydrogen) atoms. The second kappa shape index (κ2) is 12.6. The highest BCUT2D eigenvalue weighted by molar-refractivity contribution is 14.0. The maximum Gasteiger partial charge on any atom is 0.191 e. The van der Waals surface area contributed by atoms with Crippen molar-refractivity contribution < 1.29 is 0 Å². The quantitative estimate of drug-likeness (QED) is 0.260. The van der Waals surface area contributed by atoms with Crippen LogP contribution < -0.4 is 10.6 Å². The van der Waals surface area contributed by atoms with Crippen LogP contribution in [0.1, 0.15) is 57.8 Å². The van der Waals surface area contributed by atoms with E-state index in [-0.39, 0.29) is 24.0 Å². The lowest BCUT2D eigenvalue weighted by molar-refractivity contribution is 0.490. The predicted octanol–water partition coefficient (Wildman–Crippen LogP) is 3.89. The Morgan fingerprint density at radius 2 is 1.92 bits per heavy atom. The van der Waals surface area contributed by atoms with Crippen molar-refractivity contribution in [2.45, 2.75) is 72.9 Å². The van der Waals surface area contributed by atoms with Crippen molar-refractivity contribution in [2.75, 3.05) is 13.6 Å². The Morgan fingerprint density at radius 1 is 1.21 bits per heavy atom. The average molecular weight is 449 g/mol. The maximum absolute atomic E-state index is 4.49. The SMILES string of the molecule is CN=C(NCCCn1nc(C)cc1C)NC(C)CCCC(C)C.I. The summed E-state index contributed by atoms with van der Waals surface area (Å²) >= 11 is 0. The molecule has 1 unspecified atom stereocenters. The monoisotopic (exact) mass is 449 g/mol. The van der Waals surface area contributed by atoms with Crippen LogP contribution in [0.15, 0.2) is 11.1 Å². The van der Waals surface area contributed by atoms with E-state index >= 15 is 0 Å². The summed E-state index contributed by atoms with van der Waals surface area (Å²) in [6.07, 6.45) is 4.77. The second-order valence-corrected chi connectivity index (χ2v) is 6.87. The van der Waals surface area contributed by atoms with Crippen LogP contribution in [0.25, 0.3) is 0 Å². The molecule has 2 N–H and O–H groups in total. The average Bonchev–Trinajstić information content (AvgIpc) is 2.79. The van der Waals surface area contributed by atoms with Crippen LogP contribution >= 0.6 is 24.0 Å². The molecule has 0 amide bonds. The fourth-order valence-corrected chi connectivity index (χ4v) is 2.67. The fraction of sp³-hybridized carbons (Fsp3) is 0.778. The summed E-state index contributed by atoms with van der Waals surface area (Å²) in [5, 5.41) is 11.4. The van der Waals surface area contributed by atoms with Gasteiger partial charge in [-0.15, -0.1) is 24.0 Å². The molecule has 0 aliphatic heterocycles. The van der Waals surface area contributed by atoms with Gasteiger partial charge in [0, 0.05) is 31.9 Å². The molecule has 0 saturated carbocycles. The van der Waals surface area contributed by atoms with Gasteiger partial charge in [0.25, 0.3) is 0 Å². The Kier molecular flexibility index (Phi) is 12.1. The van der Waals surface area contributed by atoms with Gasteiger partial charge in [-0.1, -0.05) is 26.7 Å². The van der Waals surface area contributed by atoms with Crippen LogP contribution in [0.2, 0.25) is 0 Å². The highest BCUT2D eigenvalue weighted by atomic mass is 127. The zero-order valence-electron chi connectivity index (χ0n) is 16.2. The molecule has 0 aromatic carbocycles. The molecule has 6 heteroatoms. The lowest BCUT2D eigenvalue weighted by Crippen LogP contribution is -2.42. The van der Waals surface area contributed by atoms with E-state index in [0.717, 1.165) is 37.1 Å². The topological polar surface area (TPSA) is 54.2 Å². The Labute approximate surface area is 165 Å². The normalized spacial score (nSPS) is 12.9. The first kappa shape index (κ1) is 23.2. The van der Waals surface area contributed by atoms with Crippen LogP contribution in [-0.4, -0.2) is 35.4 Å². The summed E-state index contributed by atoms with van der Waals surface area (Å²) in [7, 11) is 1.83. The van der Waals surface area contributed by atoms with Crippen LogP contribution in [0.5, 0.6) is 0 Å².